The van der Waals surface area contributed by atoms with Crippen molar-refractivity contribution in [1.29, 1.82) is 0 Å². The van der Waals surface area contributed by atoms with Gasteiger partial charge >= 0.3 is 0 Å². The Hall–Kier alpha value is -1.29. The first-order chi connectivity index (χ1) is 10.6. The molecule has 3 rings (SSSR count). The number of quaternary nitrogens is 1. The summed E-state index contributed by atoms with van der Waals surface area (Å²) in [6.45, 7) is 4.86. The van der Waals surface area contributed by atoms with E-state index in [2.05, 4.69) is 4.90 Å². The lowest BCUT2D eigenvalue weighted by atomic mass is 10.2. The van der Waals surface area contributed by atoms with Crippen molar-refractivity contribution in [1.82, 2.24) is 0 Å². The number of rotatable bonds is 3. The fraction of sp³-hybridized carbons (Fsp3) is 0.294. The van der Waals surface area contributed by atoms with Crippen molar-refractivity contribution in [2.24, 2.45) is 0 Å². The summed E-state index contributed by atoms with van der Waals surface area (Å²) in [5.74, 6) is -0.191. The molecule has 5 heteroatoms. The standard InChI is InChI=1S/C17H17Cl2FN2/c18-16-3-1-2-13(17(16)19)12-21-8-10-22(11-9-21)15-6-4-14(20)5-7-15/h1-7H,8-12H2/p+1. The van der Waals surface area contributed by atoms with Gasteiger partial charge in [-0.3, -0.25) is 0 Å². The molecule has 0 aliphatic carbocycles. The maximum absolute atomic E-state index is 13.0. The van der Waals surface area contributed by atoms with Crippen molar-refractivity contribution >= 4 is 28.9 Å². The molecular weight excluding hydrogens is 322 g/mol. The van der Waals surface area contributed by atoms with E-state index in [1.807, 2.05) is 30.3 Å². The lowest BCUT2D eigenvalue weighted by molar-refractivity contribution is -0.914. The van der Waals surface area contributed by atoms with E-state index < -0.39 is 0 Å². The van der Waals surface area contributed by atoms with Crippen LogP contribution in [-0.2, 0) is 6.54 Å². The Balaban J connectivity index is 1.60. The third-order valence-corrected chi connectivity index (χ3v) is 4.99. The molecule has 2 nitrogen and oxygen atoms in total. The van der Waals surface area contributed by atoms with Gasteiger partial charge in [-0.25, -0.2) is 4.39 Å². The third kappa shape index (κ3) is 3.54. The van der Waals surface area contributed by atoms with Gasteiger partial charge in [-0.2, -0.15) is 0 Å². The fourth-order valence-corrected chi connectivity index (χ4v) is 3.25. The highest BCUT2D eigenvalue weighted by atomic mass is 35.5. The van der Waals surface area contributed by atoms with Gasteiger partial charge in [0.05, 0.1) is 36.2 Å². The van der Waals surface area contributed by atoms with Gasteiger partial charge in [-0.05, 0) is 30.3 Å². The molecule has 0 unspecified atom stereocenters. The van der Waals surface area contributed by atoms with E-state index >= 15 is 0 Å². The molecule has 1 saturated heterocycles. The Morgan fingerprint density at radius 2 is 1.68 bits per heavy atom. The molecule has 1 aliphatic heterocycles. The zero-order valence-electron chi connectivity index (χ0n) is 12.2. The zero-order valence-corrected chi connectivity index (χ0v) is 13.7. The number of nitrogens with one attached hydrogen (secondary N) is 1. The second-order valence-electron chi connectivity index (χ2n) is 5.60. The lowest BCUT2D eigenvalue weighted by Gasteiger charge is -2.33. The minimum Gasteiger partial charge on any atom is -0.360 e. The van der Waals surface area contributed by atoms with E-state index in [0.717, 1.165) is 44.0 Å². The maximum atomic E-state index is 13.0. The normalized spacial score (nSPS) is 16.0. The van der Waals surface area contributed by atoms with E-state index in [4.69, 9.17) is 23.2 Å². The molecular formula is C17H18Cl2FN2+. The van der Waals surface area contributed by atoms with Gasteiger partial charge in [0.2, 0.25) is 0 Å². The van der Waals surface area contributed by atoms with Gasteiger partial charge in [0, 0.05) is 11.3 Å². The number of hydrogen-bond donors (Lipinski definition) is 1. The Morgan fingerprint density at radius 1 is 1.00 bits per heavy atom. The molecule has 116 valence electrons. The number of anilines is 1. The molecule has 1 heterocycles. The molecule has 1 N–H and O–H groups in total. The Kier molecular flexibility index (Phi) is 4.87. The van der Waals surface area contributed by atoms with E-state index in [9.17, 15) is 4.39 Å². The average Bonchev–Trinajstić information content (AvgIpc) is 2.53. The Labute approximate surface area is 140 Å². The van der Waals surface area contributed by atoms with Crippen LogP contribution in [0.3, 0.4) is 0 Å². The van der Waals surface area contributed by atoms with Crippen LogP contribution in [0.1, 0.15) is 5.56 Å². The summed E-state index contributed by atoms with van der Waals surface area (Å²) < 4.78 is 13.0. The van der Waals surface area contributed by atoms with Crippen molar-refractivity contribution < 1.29 is 9.29 Å². The van der Waals surface area contributed by atoms with Crippen molar-refractivity contribution in [3.63, 3.8) is 0 Å². The third-order valence-electron chi connectivity index (χ3n) is 4.13. The minimum atomic E-state index is -0.191. The van der Waals surface area contributed by atoms with Crippen LogP contribution < -0.4 is 9.80 Å². The molecule has 0 bridgehead atoms. The predicted octanol–water partition coefficient (Wildman–Crippen LogP) is 3.04. The average molecular weight is 340 g/mol. The van der Waals surface area contributed by atoms with Gasteiger partial charge in [-0.15, -0.1) is 0 Å². The monoisotopic (exact) mass is 339 g/mol. The summed E-state index contributed by atoms with van der Waals surface area (Å²) in [6.07, 6.45) is 0. The molecule has 2 aromatic carbocycles. The van der Waals surface area contributed by atoms with Crippen LogP contribution in [0, 0.1) is 5.82 Å². The first-order valence-electron chi connectivity index (χ1n) is 7.40. The molecule has 0 spiro atoms. The van der Waals surface area contributed by atoms with Crippen LogP contribution in [0.15, 0.2) is 42.5 Å². The van der Waals surface area contributed by atoms with Crippen LogP contribution in [0.4, 0.5) is 10.1 Å². The van der Waals surface area contributed by atoms with Crippen LogP contribution in [0.2, 0.25) is 10.0 Å². The summed E-state index contributed by atoms with van der Waals surface area (Å²) in [5, 5.41) is 1.28. The van der Waals surface area contributed by atoms with Crippen LogP contribution in [0.5, 0.6) is 0 Å². The molecule has 2 aromatic rings. The van der Waals surface area contributed by atoms with Gasteiger partial charge in [0.1, 0.15) is 12.4 Å². The second-order valence-corrected chi connectivity index (χ2v) is 6.39. The number of benzene rings is 2. The Morgan fingerprint density at radius 3 is 2.36 bits per heavy atom. The lowest BCUT2D eigenvalue weighted by Crippen LogP contribution is -3.13. The highest BCUT2D eigenvalue weighted by Gasteiger charge is 2.21. The Bertz CT molecular complexity index is 638. The zero-order chi connectivity index (χ0) is 15.5. The largest absolute Gasteiger partial charge is 0.360 e. The molecule has 1 fully saturated rings. The molecule has 0 aromatic heterocycles. The summed E-state index contributed by atoms with van der Waals surface area (Å²) in [6, 6.07) is 12.5. The van der Waals surface area contributed by atoms with Crippen molar-refractivity contribution in [3.05, 3.63) is 63.9 Å². The molecule has 22 heavy (non-hydrogen) atoms. The molecule has 0 saturated carbocycles. The SMILES string of the molecule is Fc1ccc(N2CC[NH+](Cc3cccc(Cl)c3Cl)CC2)cc1. The molecule has 1 aliphatic rings. The van der Waals surface area contributed by atoms with Gasteiger partial charge in [0.25, 0.3) is 0 Å². The first-order valence-corrected chi connectivity index (χ1v) is 8.16. The molecule has 0 atom stereocenters. The predicted molar refractivity (Wildman–Crippen MR) is 89.5 cm³/mol. The molecule has 0 radical (unpaired) electrons. The van der Waals surface area contributed by atoms with Crippen LogP contribution >= 0.6 is 23.2 Å². The summed E-state index contributed by atoms with van der Waals surface area (Å²) >= 11 is 12.3. The number of hydrogen-bond acceptors (Lipinski definition) is 1. The van der Waals surface area contributed by atoms with E-state index in [-0.39, 0.29) is 5.82 Å². The van der Waals surface area contributed by atoms with Crippen LogP contribution in [-0.4, -0.2) is 26.2 Å². The van der Waals surface area contributed by atoms with Crippen molar-refractivity contribution in [3.8, 4) is 0 Å². The van der Waals surface area contributed by atoms with E-state index in [1.165, 1.54) is 17.0 Å². The van der Waals surface area contributed by atoms with E-state index in [1.54, 1.807) is 0 Å². The van der Waals surface area contributed by atoms with Gasteiger partial charge < -0.3 is 9.80 Å². The van der Waals surface area contributed by atoms with E-state index in [0.29, 0.717) is 10.0 Å². The maximum Gasteiger partial charge on any atom is 0.123 e. The molecule has 0 amide bonds. The van der Waals surface area contributed by atoms with Crippen molar-refractivity contribution in [2.45, 2.75) is 6.54 Å². The topological polar surface area (TPSA) is 7.68 Å². The summed E-state index contributed by atoms with van der Waals surface area (Å²) in [7, 11) is 0. The van der Waals surface area contributed by atoms with Crippen molar-refractivity contribution in [2.75, 3.05) is 31.1 Å². The summed E-state index contributed by atoms with van der Waals surface area (Å²) in [4.78, 5) is 3.78. The highest BCUT2D eigenvalue weighted by Crippen LogP contribution is 2.25. The van der Waals surface area contributed by atoms with Gasteiger partial charge in [0.15, 0.2) is 0 Å². The van der Waals surface area contributed by atoms with Crippen LogP contribution in [0.25, 0.3) is 0 Å². The fourth-order valence-electron chi connectivity index (χ4n) is 2.86. The summed E-state index contributed by atoms with van der Waals surface area (Å²) in [5.41, 5.74) is 2.18. The number of halogens is 3. The first kappa shape index (κ1) is 15.6. The number of nitrogens with zero attached hydrogens (tertiary/aromatic N) is 1. The quantitative estimate of drug-likeness (QED) is 0.903. The number of piperazine rings is 1. The van der Waals surface area contributed by atoms with Gasteiger partial charge in [-0.1, -0.05) is 35.3 Å². The second kappa shape index (κ2) is 6.86. The minimum absolute atomic E-state index is 0.191. The smallest absolute Gasteiger partial charge is 0.123 e. The highest BCUT2D eigenvalue weighted by molar-refractivity contribution is 6.42.